The number of rotatable bonds is 4. The highest BCUT2D eigenvalue weighted by molar-refractivity contribution is 5.68. The van der Waals surface area contributed by atoms with Gasteiger partial charge in [-0.3, -0.25) is 4.90 Å². The number of nitrogens with zero attached hydrogens (tertiary/aromatic N) is 2. The highest BCUT2D eigenvalue weighted by atomic mass is 16.5. The Morgan fingerprint density at radius 1 is 0.852 bits per heavy atom. The van der Waals surface area contributed by atoms with E-state index < -0.39 is 0 Å². The van der Waals surface area contributed by atoms with Crippen LogP contribution in [-0.4, -0.2) is 57.2 Å². The molecule has 1 aliphatic carbocycles. The maximum Gasteiger partial charge on any atom is 0.161 e. The molecule has 1 unspecified atom stereocenters. The topological polar surface area (TPSA) is 24.9 Å². The normalized spacial score (nSPS) is 20.9. The summed E-state index contributed by atoms with van der Waals surface area (Å²) in [6.07, 6.45) is 3.76. The molecule has 0 saturated carbocycles. The molecule has 1 saturated heterocycles. The predicted octanol–water partition coefficient (Wildman–Crippen LogP) is 4.00. The average molecular weight is 367 g/mol. The Morgan fingerprint density at radius 3 is 2.30 bits per heavy atom. The monoisotopic (exact) mass is 366 g/mol. The quantitative estimate of drug-likeness (QED) is 0.817. The van der Waals surface area contributed by atoms with Crippen molar-refractivity contribution in [3.05, 3.63) is 47.5 Å². The molecule has 27 heavy (non-hydrogen) atoms. The van der Waals surface area contributed by atoms with Crippen LogP contribution in [-0.2, 0) is 6.42 Å². The first kappa shape index (κ1) is 18.3. The molecule has 0 radical (unpaired) electrons. The second-order valence-electron chi connectivity index (χ2n) is 7.73. The Kier molecular flexibility index (Phi) is 5.37. The van der Waals surface area contributed by atoms with Crippen molar-refractivity contribution in [2.75, 3.05) is 47.4 Å². The van der Waals surface area contributed by atoms with Crippen LogP contribution in [0.3, 0.4) is 0 Å². The molecule has 4 heteroatoms. The minimum absolute atomic E-state index is 0.558. The Morgan fingerprint density at radius 2 is 1.56 bits per heavy atom. The van der Waals surface area contributed by atoms with E-state index >= 15 is 0 Å². The standard InChI is InChI=1S/C23H30N2O2/c1-24-11-13-25(14-12-24)21-6-4-5-17-7-8-18(15-20(17)21)19-9-10-22(26-2)23(16-19)27-3/h7-10,15-16,21H,4-6,11-14H2,1-3H3. The first-order valence-corrected chi connectivity index (χ1v) is 9.97. The molecular formula is C23H30N2O2. The third-order valence-electron chi connectivity index (χ3n) is 6.12. The summed E-state index contributed by atoms with van der Waals surface area (Å²) >= 11 is 0. The zero-order valence-electron chi connectivity index (χ0n) is 16.7. The van der Waals surface area contributed by atoms with Gasteiger partial charge in [0.15, 0.2) is 11.5 Å². The molecule has 4 nitrogen and oxygen atoms in total. The van der Waals surface area contributed by atoms with Crippen LogP contribution in [0.1, 0.15) is 30.0 Å². The Labute approximate surface area is 162 Å². The number of hydrogen-bond donors (Lipinski definition) is 0. The number of methoxy groups -OCH3 is 2. The van der Waals surface area contributed by atoms with Gasteiger partial charge in [-0.2, -0.15) is 0 Å². The van der Waals surface area contributed by atoms with E-state index in [1.165, 1.54) is 67.7 Å². The summed E-state index contributed by atoms with van der Waals surface area (Å²) in [5.74, 6) is 1.55. The van der Waals surface area contributed by atoms with E-state index in [-0.39, 0.29) is 0 Å². The van der Waals surface area contributed by atoms with Crippen LogP contribution in [0.15, 0.2) is 36.4 Å². The minimum Gasteiger partial charge on any atom is -0.493 e. The fraction of sp³-hybridized carbons (Fsp3) is 0.478. The van der Waals surface area contributed by atoms with E-state index in [1.807, 2.05) is 6.07 Å². The first-order chi connectivity index (χ1) is 13.2. The van der Waals surface area contributed by atoms with Gasteiger partial charge in [-0.1, -0.05) is 18.2 Å². The molecule has 1 aliphatic heterocycles. The van der Waals surface area contributed by atoms with Crippen molar-refractivity contribution >= 4 is 0 Å². The second-order valence-corrected chi connectivity index (χ2v) is 7.73. The maximum absolute atomic E-state index is 5.50. The summed E-state index contributed by atoms with van der Waals surface area (Å²) in [5.41, 5.74) is 5.49. The second kappa shape index (κ2) is 7.91. The lowest BCUT2D eigenvalue weighted by molar-refractivity contribution is 0.102. The van der Waals surface area contributed by atoms with Crippen LogP contribution in [0.4, 0.5) is 0 Å². The summed E-state index contributed by atoms with van der Waals surface area (Å²) in [6.45, 7) is 4.67. The molecule has 1 heterocycles. The van der Waals surface area contributed by atoms with Gasteiger partial charge < -0.3 is 14.4 Å². The highest BCUT2D eigenvalue weighted by Crippen LogP contribution is 2.38. The summed E-state index contributed by atoms with van der Waals surface area (Å²) in [6, 6.07) is 13.8. The highest BCUT2D eigenvalue weighted by Gasteiger charge is 2.28. The summed E-state index contributed by atoms with van der Waals surface area (Å²) in [7, 11) is 5.59. The molecule has 2 aromatic rings. The lowest BCUT2D eigenvalue weighted by Gasteiger charge is -2.40. The van der Waals surface area contributed by atoms with E-state index in [1.54, 1.807) is 14.2 Å². The van der Waals surface area contributed by atoms with Crippen LogP contribution >= 0.6 is 0 Å². The van der Waals surface area contributed by atoms with E-state index in [9.17, 15) is 0 Å². The number of piperazine rings is 1. The molecule has 0 amide bonds. The number of hydrogen-bond acceptors (Lipinski definition) is 4. The number of aryl methyl sites for hydroxylation is 1. The van der Waals surface area contributed by atoms with E-state index in [4.69, 9.17) is 9.47 Å². The zero-order chi connectivity index (χ0) is 18.8. The number of likely N-dealkylation sites (N-methyl/N-ethyl adjacent to an activating group) is 1. The SMILES string of the molecule is COc1ccc(-c2ccc3c(c2)C(N2CCN(C)CC2)CCC3)cc1OC. The third-order valence-corrected chi connectivity index (χ3v) is 6.12. The predicted molar refractivity (Wildman–Crippen MR) is 110 cm³/mol. The third kappa shape index (κ3) is 3.69. The van der Waals surface area contributed by atoms with Crippen molar-refractivity contribution in [1.82, 2.24) is 9.80 Å². The molecule has 0 bridgehead atoms. The number of benzene rings is 2. The van der Waals surface area contributed by atoms with Gasteiger partial charge in [-0.15, -0.1) is 0 Å². The van der Waals surface area contributed by atoms with E-state index in [0.29, 0.717) is 6.04 Å². The van der Waals surface area contributed by atoms with Gasteiger partial charge in [0.05, 0.1) is 14.2 Å². The molecule has 1 atom stereocenters. The van der Waals surface area contributed by atoms with E-state index in [2.05, 4.69) is 47.2 Å². The molecule has 2 aliphatic rings. The van der Waals surface area contributed by atoms with Gasteiger partial charge >= 0.3 is 0 Å². The molecule has 4 rings (SSSR count). The van der Waals surface area contributed by atoms with Crippen molar-refractivity contribution in [1.29, 1.82) is 0 Å². The summed E-state index contributed by atoms with van der Waals surface area (Å²) in [4.78, 5) is 5.12. The number of fused-ring (bicyclic) bond motifs is 1. The largest absolute Gasteiger partial charge is 0.493 e. The lowest BCUT2D eigenvalue weighted by atomic mass is 9.84. The molecule has 0 N–H and O–H groups in total. The Bertz CT molecular complexity index is 797. The summed E-state index contributed by atoms with van der Waals surface area (Å²) in [5, 5.41) is 0. The molecule has 0 spiro atoms. The van der Waals surface area contributed by atoms with Crippen molar-refractivity contribution in [2.24, 2.45) is 0 Å². The smallest absolute Gasteiger partial charge is 0.161 e. The summed E-state index contributed by atoms with van der Waals surface area (Å²) < 4.78 is 10.9. The van der Waals surface area contributed by atoms with Crippen LogP contribution in [0, 0.1) is 0 Å². The molecule has 1 fully saturated rings. The lowest BCUT2D eigenvalue weighted by Crippen LogP contribution is -2.46. The van der Waals surface area contributed by atoms with Crippen LogP contribution in [0.5, 0.6) is 11.5 Å². The fourth-order valence-electron chi connectivity index (χ4n) is 4.48. The fourth-order valence-corrected chi connectivity index (χ4v) is 4.48. The molecular weight excluding hydrogens is 336 g/mol. The van der Waals surface area contributed by atoms with Gasteiger partial charge in [-0.25, -0.2) is 0 Å². The van der Waals surface area contributed by atoms with Crippen LogP contribution < -0.4 is 9.47 Å². The van der Waals surface area contributed by atoms with Crippen molar-refractivity contribution in [3.8, 4) is 22.6 Å². The molecule has 2 aromatic carbocycles. The van der Waals surface area contributed by atoms with Crippen molar-refractivity contribution in [3.63, 3.8) is 0 Å². The van der Waals surface area contributed by atoms with Crippen LogP contribution in [0.25, 0.3) is 11.1 Å². The van der Waals surface area contributed by atoms with Crippen molar-refractivity contribution < 1.29 is 9.47 Å². The Balaban J connectivity index is 1.66. The Hall–Kier alpha value is -2.04. The van der Waals surface area contributed by atoms with Crippen molar-refractivity contribution in [2.45, 2.75) is 25.3 Å². The maximum atomic E-state index is 5.50. The average Bonchev–Trinajstić information content (AvgIpc) is 2.73. The zero-order valence-corrected chi connectivity index (χ0v) is 16.7. The van der Waals surface area contributed by atoms with Gasteiger partial charge in [0.1, 0.15) is 0 Å². The van der Waals surface area contributed by atoms with Gasteiger partial charge in [-0.05, 0) is 66.8 Å². The van der Waals surface area contributed by atoms with Gasteiger partial charge in [0.2, 0.25) is 0 Å². The number of ether oxygens (including phenoxy) is 2. The van der Waals surface area contributed by atoms with Crippen LogP contribution in [0.2, 0.25) is 0 Å². The molecule has 144 valence electrons. The molecule has 0 aromatic heterocycles. The first-order valence-electron chi connectivity index (χ1n) is 9.97. The van der Waals surface area contributed by atoms with Gasteiger partial charge in [0, 0.05) is 32.2 Å². The van der Waals surface area contributed by atoms with E-state index in [0.717, 1.165) is 11.5 Å². The van der Waals surface area contributed by atoms with Gasteiger partial charge in [0.25, 0.3) is 0 Å². The minimum atomic E-state index is 0.558.